The molecule has 0 aliphatic rings. The number of hydrogen-bond acceptors (Lipinski definition) is 4. The number of carbonyl (C=O) groups is 1. The number of aromatic hydroxyl groups is 1. The molecule has 18 heavy (non-hydrogen) atoms. The monoisotopic (exact) mass is 339 g/mol. The standard InChI is InChI=1S/C11H12BrClFNO3/c1-2-18-11(17)8(14)9(15)5-3-4-6(13)7(12)10(5)16/h3-4,8-9,16H,2,15H2,1H3/t8?,9-/m1/s1. The first-order valence-corrected chi connectivity index (χ1v) is 6.30. The van der Waals surface area contributed by atoms with E-state index in [0.717, 1.165) is 0 Å². The third-order valence-electron chi connectivity index (χ3n) is 2.29. The Balaban J connectivity index is 3.00. The van der Waals surface area contributed by atoms with Crippen LogP contribution in [0, 0.1) is 0 Å². The van der Waals surface area contributed by atoms with Crippen molar-refractivity contribution in [3.63, 3.8) is 0 Å². The number of phenols is 1. The van der Waals surface area contributed by atoms with Gasteiger partial charge in [0.15, 0.2) is 0 Å². The first-order chi connectivity index (χ1) is 8.40. The number of phenolic OH excluding ortho intramolecular Hbond substituents is 1. The number of alkyl halides is 1. The van der Waals surface area contributed by atoms with E-state index < -0.39 is 18.2 Å². The summed E-state index contributed by atoms with van der Waals surface area (Å²) < 4.78 is 18.4. The molecule has 0 aromatic heterocycles. The van der Waals surface area contributed by atoms with E-state index in [0.29, 0.717) is 0 Å². The molecule has 0 amide bonds. The van der Waals surface area contributed by atoms with Gasteiger partial charge in [-0.05, 0) is 28.9 Å². The van der Waals surface area contributed by atoms with Gasteiger partial charge in [0.05, 0.1) is 22.1 Å². The SMILES string of the molecule is CCOC(=O)C(F)[C@H](N)c1ccc(Cl)c(Br)c1O. The van der Waals surface area contributed by atoms with Crippen molar-refractivity contribution in [1.82, 2.24) is 0 Å². The Bertz CT molecular complexity index is 458. The first-order valence-electron chi connectivity index (χ1n) is 5.13. The number of carbonyl (C=O) groups excluding carboxylic acids is 1. The normalized spacial score (nSPS) is 14.1. The Morgan fingerprint density at radius 3 is 2.83 bits per heavy atom. The van der Waals surface area contributed by atoms with E-state index in [9.17, 15) is 14.3 Å². The Kier molecular flexibility index (Phi) is 5.37. The van der Waals surface area contributed by atoms with Gasteiger partial charge in [0.1, 0.15) is 5.75 Å². The van der Waals surface area contributed by atoms with Crippen LogP contribution in [-0.4, -0.2) is 23.9 Å². The number of hydrogen-bond donors (Lipinski definition) is 2. The Labute approximate surface area is 117 Å². The van der Waals surface area contributed by atoms with E-state index in [4.69, 9.17) is 17.3 Å². The molecule has 1 rings (SSSR count). The van der Waals surface area contributed by atoms with Gasteiger partial charge in [-0.3, -0.25) is 0 Å². The predicted molar refractivity (Wildman–Crippen MR) is 69.3 cm³/mol. The molecule has 2 atom stereocenters. The van der Waals surface area contributed by atoms with Crippen LogP contribution in [0.5, 0.6) is 5.75 Å². The average Bonchev–Trinajstić information content (AvgIpc) is 2.35. The lowest BCUT2D eigenvalue weighted by atomic mass is 10.0. The van der Waals surface area contributed by atoms with Gasteiger partial charge in [-0.25, -0.2) is 9.18 Å². The fourth-order valence-corrected chi connectivity index (χ4v) is 1.86. The zero-order valence-corrected chi connectivity index (χ0v) is 11.8. The smallest absolute Gasteiger partial charge is 0.342 e. The quantitative estimate of drug-likeness (QED) is 0.827. The van der Waals surface area contributed by atoms with Crippen LogP contribution in [0.15, 0.2) is 16.6 Å². The van der Waals surface area contributed by atoms with Crippen LogP contribution in [-0.2, 0) is 9.53 Å². The van der Waals surface area contributed by atoms with E-state index in [2.05, 4.69) is 20.7 Å². The van der Waals surface area contributed by atoms with Gasteiger partial charge in [0, 0.05) is 5.56 Å². The molecule has 1 aromatic rings. The lowest BCUT2D eigenvalue weighted by Gasteiger charge is -2.17. The average molecular weight is 341 g/mol. The van der Waals surface area contributed by atoms with Crippen molar-refractivity contribution in [3.05, 3.63) is 27.2 Å². The highest BCUT2D eigenvalue weighted by atomic mass is 79.9. The van der Waals surface area contributed by atoms with E-state index >= 15 is 0 Å². The fourth-order valence-electron chi connectivity index (χ4n) is 1.35. The van der Waals surface area contributed by atoms with Crippen molar-refractivity contribution in [3.8, 4) is 5.75 Å². The molecular formula is C11H12BrClFNO3. The summed E-state index contributed by atoms with van der Waals surface area (Å²) >= 11 is 8.79. The summed E-state index contributed by atoms with van der Waals surface area (Å²) in [4.78, 5) is 11.2. The van der Waals surface area contributed by atoms with Crippen molar-refractivity contribution in [2.75, 3.05) is 6.61 Å². The minimum atomic E-state index is -2.05. The third kappa shape index (κ3) is 3.13. The molecule has 0 aliphatic heterocycles. The molecule has 0 heterocycles. The molecule has 0 saturated heterocycles. The summed E-state index contributed by atoms with van der Waals surface area (Å²) in [5.41, 5.74) is 5.67. The number of halogens is 3. The van der Waals surface area contributed by atoms with Crippen molar-refractivity contribution in [2.24, 2.45) is 5.73 Å². The highest BCUT2D eigenvalue weighted by molar-refractivity contribution is 9.10. The molecule has 0 spiro atoms. The summed E-state index contributed by atoms with van der Waals surface area (Å²) in [6, 6.07) is 1.48. The van der Waals surface area contributed by atoms with Gasteiger partial charge in [-0.1, -0.05) is 17.7 Å². The fraction of sp³-hybridized carbons (Fsp3) is 0.364. The van der Waals surface area contributed by atoms with Crippen LogP contribution in [0.2, 0.25) is 5.02 Å². The summed E-state index contributed by atoms with van der Waals surface area (Å²) in [7, 11) is 0. The molecule has 0 radical (unpaired) electrons. The summed E-state index contributed by atoms with van der Waals surface area (Å²) in [6.07, 6.45) is -2.05. The van der Waals surface area contributed by atoms with E-state index in [1.165, 1.54) is 12.1 Å². The van der Waals surface area contributed by atoms with Gasteiger partial charge in [-0.15, -0.1) is 0 Å². The van der Waals surface area contributed by atoms with Gasteiger partial charge in [-0.2, -0.15) is 0 Å². The van der Waals surface area contributed by atoms with Crippen LogP contribution in [0.1, 0.15) is 18.5 Å². The predicted octanol–water partition coefficient (Wildman–Crippen LogP) is 2.71. The maximum absolute atomic E-state index is 13.7. The maximum Gasteiger partial charge on any atom is 0.342 e. The summed E-state index contributed by atoms with van der Waals surface area (Å²) in [5.74, 6) is -1.35. The molecule has 3 N–H and O–H groups in total. The Morgan fingerprint density at radius 1 is 1.67 bits per heavy atom. The number of benzene rings is 1. The Hall–Kier alpha value is -0.850. The summed E-state index contributed by atoms with van der Waals surface area (Å²) in [5, 5.41) is 10.0. The van der Waals surface area contributed by atoms with Crippen LogP contribution < -0.4 is 5.73 Å². The summed E-state index contributed by atoms with van der Waals surface area (Å²) in [6.45, 7) is 1.62. The minimum Gasteiger partial charge on any atom is -0.506 e. The van der Waals surface area contributed by atoms with Gasteiger partial charge >= 0.3 is 5.97 Å². The molecule has 4 nitrogen and oxygen atoms in total. The minimum absolute atomic E-state index is 0.0578. The second-order valence-electron chi connectivity index (χ2n) is 3.48. The topological polar surface area (TPSA) is 72.5 Å². The van der Waals surface area contributed by atoms with Gasteiger partial charge in [0.25, 0.3) is 0 Å². The van der Waals surface area contributed by atoms with Crippen molar-refractivity contribution in [1.29, 1.82) is 0 Å². The molecule has 0 saturated carbocycles. The number of ether oxygens (including phenoxy) is 1. The molecule has 0 aliphatic carbocycles. The lowest BCUT2D eigenvalue weighted by Crippen LogP contribution is -2.31. The molecule has 100 valence electrons. The molecule has 1 aromatic carbocycles. The van der Waals surface area contributed by atoms with E-state index in [-0.39, 0.29) is 27.4 Å². The zero-order valence-electron chi connectivity index (χ0n) is 9.49. The first kappa shape index (κ1) is 15.2. The Morgan fingerprint density at radius 2 is 2.28 bits per heavy atom. The second-order valence-corrected chi connectivity index (χ2v) is 4.68. The van der Waals surface area contributed by atoms with Crippen LogP contribution >= 0.6 is 27.5 Å². The molecule has 0 bridgehead atoms. The van der Waals surface area contributed by atoms with Crippen molar-refractivity contribution >= 4 is 33.5 Å². The number of rotatable bonds is 4. The van der Waals surface area contributed by atoms with Crippen molar-refractivity contribution in [2.45, 2.75) is 19.1 Å². The maximum atomic E-state index is 13.7. The largest absolute Gasteiger partial charge is 0.506 e. The third-order valence-corrected chi connectivity index (χ3v) is 3.63. The number of esters is 1. The zero-order chi connectivity index (χ0) is 13.9. The van der Waals surface area contributed by atoms with Gasteiger partial charge in [0.2, 0.25) is 6.17 Å². The second kappa shape index (κ2) is 6.36. The highest BCUT2D eigenvalue weighted by Gasteiger charge is 2.30. The molecular weight excluding hydrogens is 328 g/mol. The van der Waals surface area contributed by atoms with E-state index in [1.54, 1.807) is 6.92 Å². The highest BCUT2D eigenvalue weighted by Crippen LogP contribution is 2.37. The van der Waals surface area contributed by atoms with Crippen LogP contribution in [0.25, 0.3) is 0 Å². The van der Waals surface area contributed by atoms with E-state index in [1.807, 2.05) is 0 Å². The molecule has 7 heteroatoms. The van der Waals surface area contributed by atoms with Gasteiger partial charge < -0.3 is 15.6 Å². The number of nitrogens with two attached hydrogens (primary N) is 1. The van der Waals surface area contributed by atoms with Crippen LogP contribution in [0.3, 0.4) is 0 Å². The lowest BCUT2D eigenvalue weighted by molar-refractivity contribution is -0.149. The van der Waals surface area contributed by atoms with Crippen molar-refractivity contribution < 1.29 is 19.0 Å². The van der Waals surface area contributed by atoms with Crippen LogP contribution in [0.4, 0.5) is 4.39 Å². The molecule has 1 unspecified atom stereocenters. The molecule has 0 fully saturated rings.